The van der Waals surface area contributed by atoms with E-state index in [-0.39, 0.29) is 10.7 Å². The molecule has 1 atom stereocenters. The van der Waals surface area contributed by atoms with E-state index in [0.29, 0.717) is 13.0 Å². The van der Waals surface area contributed by atoms with E-state index in [2.05, 4.69) is 26.1 Å². The third kappa shape index (κ3) is 3.12. The lowest BCUT2D eigenvalue weighted by Crippen LogP contribution is -2.59. The standard InChI is InChI=1S/C12H19BrN4O3/c1-11(2,3)20-10(18)17-7-5-4-6-12(17,14)8-15-16-9(13)19-8/h4-7,14H2,1-3H3. The van der Waals surface area contributed by atoms with Gasteiger partial charge in [-0.3, -0.25) is 4.90 Å². The molecule has 0 aliphatic carbocycles. The van der Waals surface area contributed by atoms with Gasteiger partial charge in [-0.2, -0.15) is 0 Å². The van der Waals surface area contributed by atoms with Gasteiger partial charge in [0, 0.05) is 22.5 Å². The summed E-state index contributed by atoms with van der Waals surface area (Å²) >= 11 is 3.10. The zero-order valence-corrected chi connectivity index (χ0v) is 13.4. The highest BCUT2D eigenvalue weighted by molar-refractivity contribution is 9.10. The van der Waals surface area contributed by atoms with Crippen molar-refractivity contribution in [1.29, 1.82) is 0 Å². The Morgan fingerprint density at radius 1 is 1.45 bits per heavy atom. The number of rotatable bonds is 1. The molecule has 1 aromatic rings. The molecule has 0 spiro atoms. The summed E-state index contributed by atoms with van der Waals surface area (Å²) < 4.78 is 10.8. The van der Waals surface area contributed by atoms with Gasteiger partial charge in [0.1, 0.15) is 5.60 Å². The van der Waals surface area contributed by atoms with E-state index in [0.717, 1.165) is 12.8 Å². The lowest BCUT2D eigenvalue weighted by Gasteiger charge is -2.41. The quantitative estimate of drug-likeness (QED) is 0.838. The monoisotopic (exact) mass is 346 g/mol. The number of amides is 1. The van der Waals surface area contributed by atoms with Crippen LogP contribution in [0.4, 0.5) is 4.79 Å². The highest BCUT2D eigenvalue weighted by Gasteiger charge is 2.45. The van der Waals surface area contributed by atoms with Crippen molar-refractivity contribution in [2.24, 2.45) is 5.73 Å². The topological polar surface area (TPSA) is 94.5 Å². The van der Waals surface area contributed by atoms with E-state index < -0.39 is 17.4 Å². The summed E-state index contributed by atoms with van der Waals surface area (Å²) in [5.41, 5.74) is 4.68. The first-order valence-corrected chi connectivity index (χ1v) is 7.31. The molecule has 2 N–H and O–H groups in total. The lowest BCUT2D eigenvalue weighted by molar-refractivity contribution is -0.0243. The maximum absolute atomic E-state index is 12.3. The minimum Gasteiger partial charge on any atom is -0.444 e. The van der Waals surface area contributed by atoms with Crippen LogP contribution in [0.15, 0.2) is 9.22 Å². The second-order valence-corrected chi connectivity index (χ2v) is 6.55. The summed E-state index contributed by atoms with van der Waals surface area (Å²) in [5, 5.41) is 7.65. The third-order valence-corrected chi connectivity index (χ3v) is 3.38. The average molecular weight is 347 g/mol. The van der Waals surface area contributed by atoms with Gasteiger partial charge in [-0.05, 0) is 40.0 Å². The molecule has 1 amide bonds. The molecule has 0 saturated carbocycles. The number of hydrogen-bond donors (Lipinski definition) is 1. The van der Waals surface area contributed by atoms with Crippen LogP contribution in [0.5, 0.6) is 0 Å². The van der Waals surface area contributed by atoms with Crippen LogP contribution in [0.25, 0.3) is 0 Å². The fourth-order valence-corrected chi connectivity index (χ4v) is 2.41. The van der Waals surface area contributed by atoms with E-state index in [1.807, 2.05) is 20.8 Å². The molecule has 2 rings (SSSR count). The summed E-state index contributed by atoms with van der Waals surface area (Å²) in [5.74, 6) is 0.218. The summed E-state index contributed by atoms with van der Waals surface area (Å²) in [7, 11) is 0. The molecule has 1 fully saturated rings. The van der Waals surface area contributed by atoms with Gasteiger partial charge >= 0.3 is 6.09 Å². The zero-order chi connectivity index (χ0) is 15.0. The van der Waals surface area contributed by atoms with Crippen molar-refractivity contribution < 1.29 is 13.9 Å². The van der Waals surface area contributed by atoms with Crippen LogP contribution >= 0.6 is 15.9 Å². The van der Waals surface area contributed by atoms with Crippen LogP contribution in [-0.4, -0.2) is 33.3 Å². The summed E-state index contributed by atoms with van der Waals surface area (Å²) in [6.07, 6.45) is 1.85. The number of hydrogen-bond acceptors (Lipinski definition) is 6. The highest BCUT2D eigenvalue weighted by Crippen LogP contribution is 2.34. The predicted molar refractivity (Wildman–Crippen MR) is 74.7 cm³/mol. The van der Waals surface area contributed by atoms with Crippen LogP contribution in [0.3, 0.4) is 0 Å². The number of nitrogens with two attached hydrogens (primary N) is 1. The Balaban J connectivity index is 2.27. The van der Waals surface area contributed by atoms with Crippen molar-refractivity contribution in [1.82, 2.24) is 15.1 Å². The Morgan fingerprint density at radius 2 is 2.15 bits per heavy atom. The van der Waals surface area contributed by atoms with Crippen molar-refractivity contribution in [2.45, 2.75) is 51.3 Å². The van der Waals surface area contributed by atoms with Gasteiger partial charge in [0.15, 0.2) is 5.66 Å². The SMILES string of the molecule is CC(C)(C)OC(=O)N1CCCCC1(N)c1nnc(Br)o1. The van der Waals surface area contributed by atoms with Crippen LogP contribution in [-0.2, 0) is 10.4 Å². The fourth-order valence-electron chi connectivity index (χ4n) is 2.17. The van der Waals surface area contributed by atoms with Gasteiger partial charge in [-0.15, -0.1) is 10.2 Å². The van der Waals surface area contributed by atoms with Gasteiger partial charge in [0.25, 0.3) is 10.7 Å². The smallest absolute Gasteiger partial charge is 0.412 e. The minimum atomic E-state index is -1.11. The van der Waals surface area contributed by atoms with E-state index in [1.165, 1.54) is 4.90 Å². The number of likely N-dealkylation sites (tertiary alicyclic amines) is 1. The Bertz CT molecular complexity index is 499. The normalized spacial score (nSPS) is 23.8. The molecule has 1 unspecified atom stereocenters. The molecule has 1 aromatic heterocycles. The van der Waals surface area contributed by atoms with Crippen LogP contribution in [0, 0.1) is 0 Å². The molecule has 1 aliphatic heterocycles. The summed E-state index contributed by atoms with van der Waals surface area (Å²) in [6.45, 7) is 5.95. The van der Waals surface area contributed by atoms with Crippen molar-refractivity contribution in [3.05, 3.63) is 10.7 Å². The van der Waals surface area contributed by atoms with E-state index >= 15 is 0 Å². The molecular formula is C12H19BrN4O3. The molecular weight excluding hydrogens is 328 g/mol. The Labute approximate surface area is 126 Å². The number of halogens is 1. The van der Waals surface area contributed by atoms with Gasteiger partial charge in [0.2, 0.25) is 0 Å². The van der Waals surface area contributed by atoms with E-state index in [4.69, 9.17) is 14.9 Å². The number of aromatic nitrogens is 2. The lowest BCUT2D eigenvalue weighted by atomic mass is 9.96. The number of carbonyl (C=O) groups excluding carboxylic acids is 1. The Hall–Kier alpha value is -1.15. The molecule has 8 heteroatoms. The highest BCUT2D eigenvalue weighted by atomic mass is 79.9. The van der Waals surface area contributed by atoms with Crippen molar-refractivity contribution in [3.8, 4) is 0 Å². The zero-order valence-electron chi connectivity index (χ0n) is 11.9. The first-order valence-electron chi connectivity index (χ1n) is 6.51. The van der Waals surface area contributed by atoms with Gasteiger partial charge in [-0.1, -0.05) is 0 Å². The van der Waals surface area contributed by atoms with Gasteiger partial charge in [0.05, 0.1) is 0 Å². The maximum Gasteiger partial charge on any atom is 0.412 e. The molecule has 0 bridgehead atoms. The summed E-state index contributed by atoms with van der Waals surface area (Å²) in [6, 6.07) is 0. The molecule has 1 saturated heterocycles. The molecule has 20 heavy (non-hydrogen) atoms. The fraction of sp³-hybridized carbons (Fsp3) is 0.750. The Morgan fingerprint density at radius 3 is 2.70 bits per heavy atom. The molecule has 0 aromatic carbocycles. The number of carbonyl (C=O) groups is 1. The average Bonchev–Trinajstić information content (AvgIpc) is 2.74. The first-order chi connectivity index (χ1) is 9.22. The van der Waals surface area contributed by atoms with Crippen molar-refractivity contribution >= 4 is 22.0 Å². The Kier molecular flexibility index (Phi) is 4.06. The minimum absolute atomic E-state index is 0.218. The first kappa shape index (κ1) is 15.2. The van der Waals surface area contributed by atoms with Crippen LogP contribution < -0.4 is 5.73 Å². The van der Waals surface area contributed by atoms with Crippen LogP contribution in [0.1, 0.15) is 45.9 Å². The van der Waals surface area contributed by atoms with Gasteiger partial charge < -0.3 is 14.9 Å². The number of ether oxygens (including phenoxy) is 1. The van der Waals surface area contributed by atoms with Crippen molar-refractivity contribution in [3.63, 3.8) is 0 Å². The van der Waals surface area contributed by atoms with Gasteiger partial charge in [-0.25, -0.2) is 4.79 Å². The third-order valence-electron chi connectivity index (χ3n) is 3.06. The molecule has 112 valence electrons. The molecule has 0 radical (unpaired) electrons. The predicted octanol–water partition coefficient (Wildman–Crippen LogP) is 2.36. The van der Waals surface area contributed by atoms with Crippen LogP contribution in [0.2, 0.25) is 0 Å². The number of piperidine rings is 1. The second kappa shape index (κ2) is 5.33. The van der Waals surface area contributed by atoms with E-state index in [1.54, 1.807) is 0 Å². The maximum atomic E-state index is 12.3. The largest absolute Gasteiger partial charge is 0.444 e. The van der Waals surface area contributed by atoms with E-state index in [9.17, 15) is 4.79 Å². The molecule has 7 nitrogen and oxygen atoms in total. The molecule has 2 heterocycles. The van der Waals surface area contributed by atoms with Crippen molar-refractivity contribution in [2.75, 3.05) is 6.54 Å². The number of nitrogens with zero attached hydrogens (tertiary/aromatic N) is 3. The molecule has 1 aliphatic rings. The second-order valence-electron chi connectivity index (χ2n) is 5.87. The summed E-state index contributed by atoms with van der Waals surface area (Å²) in [4.78, 5) is 14.0.